The van der Waals surface area contributed by atoms with E-state index in [1.807, 2.05) is 0 Å². The van der Waals surface area contributed by atoms with Crippen LogP contribution in [0.5, 0.6) is 0 Å². The van der Waals surface area contributed by atoms with E-state index in [0.717, 1.165) is 12.8 Å². The van der Waals surface area contributed by atoms with Gasteiger partial charge in [0.2, 0.25) is 10.0 Å². The molecule has 3 fully saturated rings. The third-order valence-corrected chi connectivity index (χ3v) is 7.44. The molecule has 1 aliphatic carbocycles. The van der Waals surface area contributed by atoms with Gasteiger partial charge in [0, 0.05) is 13.1 Å². The van der Waals surface area contributed by atoms with Gasteiger partial charge >= 0.3 is 6.03 Å². The summed E-state index contributed by atoms with van der Waals surface area (Å²) >= 11 is 0. The Bertz CT molecular complexity index is 858. The first-order valence-electron chi connectivity index (χ1n) is 9.23. The van der Waals surface area contributed by atoms with E-state index in [0.29, 0.717) is 44.7 Å². The molecule has 27 heavy (non-hydrogen) atoms. The number of carbonyl (C=O) groups is 2. The van der Waals surface area contributed by atoms with Gasteiger partial charge < -0.3 is 10.1 Å². The van der Waals surface area contributed by atoms with Crippen LogP contribution in [0.15, 0.2) is 29.2 Å². The third-order valence-electron chi connectivity index (χ3n) is 5.55. The zero-order chi connectivity index (χ0) is 19.1. The first-order chi connectivity index (χ1) is 12.9. The fourth-order valence-corrected chi connectivity index (χ4v) is 5.54. The maximum absolute atomic E-state index is 12.8. The molecule has 0 unspecified atom stereocenters. The number of rotatable bonds is 4. The molecule has 1 saturated carbocycles. The topological polar surface area (TPSA) is 96.0 Å². The van der Waals surface area contributed by atoms with E-state index in [-0.39, 0.29) is 17.3 Å². The van der Waals surface area contributed by atoms with Gasteiger partial charge in [-0.2, -0.15) is 4.31 Å². The molecule has 146 valence electrons. The average molecular weight is 393 g/mol. The monoisotopic (exact) mass is 393 g/mol. The van der Waals surface area contributed by atoms with Gasteiger partial charge in [-0.25, -0.2) is 13.2 Å². The summed E-state index contributed by atoms with van der Waals surface area (Å²) in [6, 6.07) is 6.07. The van der Waals surface area contributed by atoms with Gasteiger partial charge in [-0.05, 0) is 30.5 Å². The van der Waals surface area contributed by atoms with Crippen LogP contribution in [0.3, 0.4) is 0 Å². The van der Waals surface area contributed by atoms with Crippen LogP contribution in [0, 0.1) is 0 Å². The number of morpholine rings is 1. The number of sulfonamides is 1. The lowest BCUT2D eigenvalue weighted by molar-refractivity contribution is -0.131. The Balaban J connectivity index is 1.55. The van der Waals surface area contributed by atoms with Crippen LogP contribution in [-0.4, -0.2) is 61.4 Å². The average Bonchev–Trinajstić information content (AvgIpc) is 3.24. The SMILES string of the molecule is O=C1NC2(CCCC2)C(=O)N1Cc1cccc(S(=O)(=O)N2CCOCC2)c1. The Labute approximate surface area is 158 Å². The predicted octanol–water partition coefficient (Wildman–Crippen LogP) is 1.07. The molecule has 0 bridgehead atoms. The number of nitrogens with zero attached hydrogens (tertiary/aromatic N) is 2. The Morgan fingerprint density at radius 3 is 2.52 bits per heavy atom. The quantitative estimate of drug-likeness (QED) is 0.772. The number of hydrogen-bond donors (Lipinski definition) is 1. The molecule has 2 heterocycles. The van der Waals surface area contributed by atoms with Gasteiger partial charge in [0.25, 0.3) is 5.91 Å². The highest BCUT2D eigenvalue weighted by Crippen LogP contribution is 2.35. The largest absolute Gasteiger partial charge is 0.379 e. The number of imide groups is 1. The van der Waals surface area contributed by atoms with Gasteiger partial charge in [-0.3, -0.25) is 9.69 Å². The van der Waals surface area contributed by atoms with Crippen molar-refractivity contribution < 1.29 is 22.7 Å². The van der Waals surface area contributed by atoms with Crippen LogP contribution in [-0.2, 0) is 26.1 Å². The van der Waals surface area contributed by atoms with E-state index >= 15 is 0 Å². The minimum absolute atomic E-state index is 0.0683. The summed E-state index contributed by atoms with van der Waals surface area (Å²) < 4.78 is 32.3. The molecule has 4 rings (SSSR count). The van der Waals surface area contributed by atoms with Gasteiger partial charge in [0.05, 0.1) is 24.7 Å². The number of amides is 3. The summed E-state index contributed by atoms with van der Waals surface area (Å²) in [6.07, 6.45) is 3.18. The molecule has 2 aliphatic heterocycles. The van der Waals surface area contributed by atoms with Crippen molar-refractivity contribution in [1.82, 2.24) is 14.5 Å². The summed E-state index contributed by atoms with van der Waals surface area (Å²) in [5.41, 5.74) is -0.142. The molecule has 0 radical (unpaired) electrons. The van der Waals surface area contributed by atoms with Crippen molar-refractivity contribution in [2.75, 3.05) is 26.3 Å². The molecule has 1 N–H and O–H groups in total. The van der Waals surface area contributed by atoms with Gasteiger partial charge in [-0.1, -0.05) is 25.0 Å². The maximum atomic E-state index is 12.8. The Morgan fingerprint density at radius 1 is 1.11 bits per heavy atom. The summed E-state index contributed by atoms with van der Waals surface area (Å²) in [4.78, 5) is 26.5. The van der Waals surface area contributed by atoms with Crippen molar-refractivity contribution in [1.29, 1.82) is 0 Å². The van der Waals surface area contributed by atoms with E-state index < -0.39 is 21.6 Å². The highest BCUT2D eigenvalue weighted by molar-refractivity contribution is 7.89. The second kappa shape index (κ2) is 6.88. The Morgan fingerprint density at radius 2 is 1.81 bits per heavy atom. The standard InChI is InChI=1S/C18H23N3O5S/c22-16-18(6-1-2-7-18)19-17(23)21(16)13-14-4-3-5-15(12-14)27(24,25)20-8-10-26-11-9-20/h3-5,12H,1-2,6-11,13H2,(H,19,23). The van der Waals surface area contributed by atoms with E-state index in [1.165, 1.54) is 9.21 Å². The predicted molar refractivity (Wildman–Crippen MR) is 96.3 cm³/mol. The minimum atomic E-state index is -3.62. The van der Waals surface area contributed by atoms with E-state index in [2.05, 4.69) is 5.32 Å². The van der Waals surface area contributed by atoms with Crippen LogP contribution in [0.2, 0.25) is 0 Å². The molecule has 3 amide bonds. The number of hydrogen-bond acceptors (Lipinski definition) is 5. The van der Waals surface area contributed by atoms with E-state index in [4.69, 9.17) is 4.74 Å². The summed E-state index contributed by atoms with van der Waals surface area (Å²) in [5.74, 6) is -0.202. The third kappa shape index (κ3) is 3.24. The molecule has 3 aliphatic rings. The number of urea groups is 1. The fourth-order valence-electron chi connectivity index (χ4n) is 4.06. The number of carbonyl (C=O) groups excluding carboxylic acids is 2. The lowest BCUT2D eigenvalue weighted by atomic mass is 9.98. The van der Waals surface area contributed by atoms with Gasteiger partial charge in [0.1, 0.15) is 5.54 Å². The van der Waals surface area contributed by atoms with Crippen LogP contribution in [0.4, 0.5) is 4.79 Å². The lowest BCUT2D eigenvalue weighted by Gasteiger charge is -2.26. The lowest BCUT2D eigenvalue weighted by Crippen LogP contribution is -2.44. The zero-order valence-electron chi connectivity index (χ0n) is 15.0. The van der Waals surface area contributed by atoms with Crippen molar-refractivity contribution in [3.05, 3.63) is 29.8 Å². The molecular formula is C18H23N3O5S. The molecule has 9 heteroatoms. The molecule has 8 nitrogen and oxygen atoms in total. The van der Waals surface area contributed by atoms with Crippen LogP contribution < -0.4 is 5.32 Å². The second-order valence-electron chi connectivity index (χ2n) is 7.27. The zero-order valence-corrected chi connectivity index (χ0v) is 15.8. The smallest absolute Gasteiger partial charge is 0.325 e. The molecule has 1 spiro atoms. The highest BCUT2D eigenvalue weighted by Gasteiger charge is 2.52. The summed E-state index contributed by atoms with van der Waals surface area (Å²) in [6.45, 7) is 1.47. The number of benzene rings is 1. The van der Waals surface area contributed by atoms with E-state index in [1.54, 1.807) is 24.3 Å². The Kier molecular flexibility index (Phi) is 4.69. The Hall–Kier alpha value is -1.97. The highest BCUT2D eigenvalue weighted by atomic mass is 32.2. The normalized spacial score (nSPS) is 23.2. The van der Waals surface area contributed by atoms with Crippen molar-refractivity contribution in [2.24, 2.45) is 0 Å². The summed E-state index contributed by atoms with van der Waals surface area (Å²) in [7, 11) is -3.62. The number of ether oxygens (including phenoxy) is 1. The molecule has 0 aromatic heterocycles. The van der Waals surface area contributed by atoms with Gasteiger partial charge in [-0.15, -0.1) is 0 Å². The number of nitrogens with one attached hydrogen (secondary N) is 1. The first-order valence-corrected chi connectivity index (χ1v) is 10.7. The fraction of sp³-hybridized carbons (Fsp3) is 0.556. The van der Waals surface area contributed by atoms with Crippen molar-refractivity contribution in [2.45, 2.75) is 42.7 Å². The van der Waals surface area contributed by atoms with Crippen LogP contribution in [0.25, 0.3) is 0 Å². The van der Waals surface area contributed by atoms with E-state index in [9.17, 15) is 18.0 Å². The van der Waals surface area contributed by atoms with Crippen molar-refractivity contribution in [3.8, 4) is 0 Å². The summed E-state index contributed by atoms with van der Waals surface area (Å²) in [5, 5.41) is 2.84. The van der Waals surface area contributed by atoms with Crippen molar-refractivity contribution >= 4 is 22.0 Å². The molecular weight excluding hydrogens is 370 g/mol. The minimum Gasteiger partial charge on any atom is -0.379 e. The molecule has 0 atom stereocenters. The van der Waals surface area contributed by atoms with Crippen molar-refractivity contribution in [3.63, 3.8) is 0 Å². The second-order valence-corrected chi connectivity index (χ2v) is 9.21. The first kappa shape index (κ1) is 18.4. The van der Waals surface area contributed by atoms with Crippen LogP contribution >= 0.6 is 0 Å². The maximum Gasteiger partial charge on any atom is 0.325 e. The molecule has 1 aromatic rings. The van der Waals surface area contributed by atoms with Crippen LogP contribution in [0.1, 0.15) is 31.2 Å². The molecule has 2 saturated heterocycles. The van der Waals surface area contributed by atoms with Gasteiger partial charge in [0.15, 0.2) is 0 Å². The molecule has 1 aromatic carbocycles.